The lowest BCUT2D eigenvalue weighted by molar-refractivity contribution is 0.275. The molecule has 0 radical (unpaired) electrons. The third kappa shape index (κ3) is 2.50. The molecule has 1 aliphatic rings. The zero-order valence-electron chi connectivity index (χ0n) is 9.58. The van der Waals surface area contributed by atoms with E-state index in [1.54, 1.807) is 7.11 Å². The Labute approximate surface area is 102 Å². The van der Waals surface area contributed by atoms with Crippen LogP contribution < -0.4 is 10.5 Å². The molecule has 0 aliphatic heterocycles. The molecule has 0 aromatic heterocycles. The molecule has 88 valence electrons. The normalized spacial score (nSPS) is 17.9. The van der Waals surface area contributed by atoms with Crippen molar-refractivity contribution in [2.45, 2.75) is 31.7 Å². The Kier molecular flexibility index (Phi) is 3.72. The lowest BCUT2D eigenvalue weighted by Gasteiger charge is -2.28. The molecule has 0 spiro atoms. The molecule has 1 saturated carbocycles. The summed E-state index contributed by atoms with van der Waals surface area (Å²) in [4.78, 5) is 0. The van der Waals surface area contributed by atoms with Crippen LogP contribution in [0.4, 0.5) is 0 Å². The molecular formula is C13H18ClNO. The fourth-order valence-corrected chi connectivity index (χ4v) is 2.37. The fourth-order valence-electron chi connectivity index (χ4n) is 2.21. The van der Waals surface area contributed by atoms with E-state index >= 15 is 0 Å². The van der Waals surface area contributed by atoms with Crippen LogP contribution in [-0.2, 0) is 0 Å². The fraction of sp³-hybridized carbons (Fsp3) is 0.538. The second kappa shape index (κ2) is 5.07. The third-order valence-electron chi connectivity index (χ3n) is 3.41. The standard InChI is InChI=1S/C13H18ClNO/c1-16-13-8-10(14)5-6-11(13)12(15)7-9-3-2-4-9/h5-6,8-9,12H,2-4,7,15H2,1H3. The molecule has 2 rings (SSSR count). The van der Waals surface area contributed by atoms with Gasteiger partial charge in [0.05, 0.1) is 7.11 Å². The van der Waals surface area contributed by atoms with Crippen LogP contribution in [0.3, 0.4) is 0 Å². The van der Waals surface area contributed by atoms with Crippen molar-refractivity contribution in [1.29, 1.82) is 0 Å². The Bertz CT molecular complexity index is 363. The van der Waals surface area contributed by atoms with Gasteiger partial charge in [-0.25, -0.2) is 0 Å². The van der Waals surface area contributed by atoms with Crippen LogP contribution in [-0.4, -0.2) is 7.11 Å². The summed E-state index contributed by atoms with van der Waals surface area (Å²) >= 11 is 5.92. The van der Waals surface area contributed by atoms with E-state index in [2.05, 4.69) is 0 Å². The molecule has 1 atom stereocenters. The highest BCUT2D eigenvalue weighted by Gasteiger charge is 2.22. The Morgan fingerprint density at radius 3 is 2.81 bits per heavy atom. The summed E-state index contributed by atoms with van der Waals surface area (Å²) in [5.41, 5.74) is 7.28. The zero-order valence-corrected chi connectivity index (χ0v) is 10.3. The minimum absolute atomic E-state index is 0.0671. The Balaban J connectivity index is 2.11. The molecule has 16 heavy (non-hydrogen) atoms. The number of methoxy groups -OCH3 is 1. The van der Waals surface area contributed by atoms with Gasteiger partial charge in [-0.3, -0.25) is 0 Å². The molecule has 1 aliphatic carbocycles. The lowest BCUT2D eigenvalue weighted by atomic mass is 9.80. The van der Waals surface area contributed by atoms with Gasteiger partial charge in [0, 0.05) is 16.6 Å². The molecule has 1 aromatic rings. The van der Waals surface area contributed by atoms with Crippen molar-refractivity contribution in [1.82, 2.24) is 0 Å². The van der Waals surface area contributed by atoms with Crippen molar-refractivity contribution >= 4 is 11.6 Å². The number of ether oxygens (including phenoxy) is 1. The summed E-state index contributed by atoms with van der Waals surface area (Å²) in [6.45, 7) is 0. The van der Waals surface area contributed by atoms with Gasteiger partial charge in [-0.05, 0) is 24.5 Å². The van der Waals surface area contributed by atoms with Gasteiger partial charge in [0.25, 0.3) is 0 Å². The maximum Gasteiger partial charge on any atom is 0.125 e. The maximum absolute atomic E-state index is 6.21. The molecule has 0 bridgehead atoms. The second-order valence-corrected chi connectivity index (χ2v) is 4.96. The Morgan fingerprint density at radius 2 is 2.25 bits per heavy atom. The van der Waals surface area contributed by atoms with Crippen LogP contribution in [0.2, 0.25) is 5.02 Å². The van der Waals surface area contributed by atoms with E-state index in [9.17, 15) is 0 Å². The minimum atomic E-state index is 0.0671. The number of nitrogens with two attached hydrogens (primary N) is 1. The van der Waals surface area contributed by atoms with Crippen LogP contribution in [0.5, 0.6) is 5.75 Å². The predicted molar refractivity (Wildman–Crippen MR) is 66.9 cm³/mol. The van der Waals surface area contributed by atoms with Gasteiger partial charge in [-0.2, -0.15) is 0 Å². The topological polar surface area (TPSA) is 35.2 Å². The quantitative estimate of drug-likeness (QED) is 0.872. The highest BCUT2D eigenvalue weighted by molar-refractivity contribution is 6.30. The van der Waals surface area contributed by atoms with Gasteiger partial charge in [0.15, 0.2) is 0 Å². The Morgan fingerprint density at radius 1 is 1.50 bits per heavy atom. The molecule has 0 saturated heterocycles. The molecule has 0 heterocycles. The second-order valence-electron chi connectivity index (χ2n) is 4.53. The molecule has 0 amide bonds. The first kappa shape index (κ1) is 11.7. The molecule has 1 aromatic carbocycles. The van der Waals surface area contributed by atoms with Crippen LogP contribution in [0.1, 0.15) is 37.3 Å². The monoisotopic (exact) mass is 239 g/mol. The van der Waals surface area contributed by atoms with E-state index in [4.69, 9.17) is 22.1 Å². The number of rotatable bonds is 4. The number of hydrogen-bond acceptors (Lipinski definition) is 2. The third-order valence-corrected chi connectivity index (χ3v) is 3.64. The summed E-state index contributed by atoms with van der Waals surface area (Å²) in [6.07, 6.45) is 5.06. The number of halogens is 1. The minimum Gasteiger partial charge on any atom is -0.496 e. The van der Waals surface area contributed by atoms with Crippen LogP contribution >= 0.6 is 11.6 Å². The van der Waals surface area contributed by atoms with E-state index in [1.807, 2.05) is 18.2 Å². The number of benzene rings is 1. The van der Waals surface area contributed by atoms with Crippen molar-refractivity contribution in [2.75, 3.05) is 7.11 Å². The van der Waals surface area contributed by atoms with E-state index in [1.165, 1.54) is 19.3 Å². The summed E-state index contributed by atoms with van der Waals surface area (Å²) in [5, 5.41) is 0.691. The van der Waals surface area contributed by atoms with Crippen molar-refractivity contribution in [3.63, 3.8) is 0 Å². The Hall–Kier alpha value is -0.730. The number of hydrogen-bond donors (Lipinski definition) is 1. The van der Waals surface area contributed by atoms with Gasteiger partial charge in [-0.1, -0.05) is 36.9 Å². The first-order chi connectivity index (χ1) is 7.70. The zero-order chi connectivity index (χ0) is 11.5. The summed E-state index contributed by atoms with van der Waals surface area (Å²) < 4.78 is 5.32. The van der Waals surface area contributed by atoms with Gasteiger partial charge in [-0.15, -0.1) is 0 Å². The maximum atomic E-state index is 6.21. The molecular weight excluding hydrogens is 222 g/mol. The van der Waals surface area contributed by atoms with Crippen molar-refractivity contribution in [2.24, 2.45) is 11.7 Å². The summed E-state index contributed by atoms with van der Waals surface area (Å²) in [6, 6.07) is 5.75. The summed E-state index contributed by atoms with van der Waals surface area (Å²) in [5.74, 6) is 1.61. The van der Waals surface area contributed by atoms with Crippen LogP contribution in [0, 0.1) is 5.92 Å². The van der Waals surface area contributed by atoms with Crippen molar-refractivity contribution < 1.29 is 4.74 Å². The first-order valence-electron chi connectivity index (χ1n) is 5.79. The first-order valence-corrected chi connectivity index (χ1v) is 6.17. The lowest BCUT2D eigenvalue weighted by Crippen LogP contribution is -2.20. The van der Waals surface area contributed by atoms with Crippen LogP contribution in [0.25, 0.3) is 0 Å². The molecule has 1 unspecified atom stereocenters. The highest BCUT2D eigenvalue weighted by Crippen LogP contribution is 2.36. The van der Waals surface area contributed by atoms with Gasteiger partial charge in [0.2, 0.25) is 0 Å². The van der Waals surface area contributed by atoms with Gasteiger partial charge >= 0.3 is 0 Å². The SMILES string of the molecule is COc1cc(Cl)ccc1C(N)CC1CCC1. The van der Waals surface area contributed by atoms with E-state index in [-0.39, 0.29) is 6.04 Å². The van der Waals surface area contributed by atoms with E-state index in [0.717, 1.165) is 23.7 Å². The summed E-state index contributed by atoms with van der Waals surface area (Å²) in [7, 11) is 1.66. The molecule has 2 nitrogen and oxygen atoms in total. The highest BCUT2D eigenvalue weighted by atomic mass is 35.5. The van der Waals surface area contributed by atoms with E-state index < -0.39 is 0 Å². The smallest absolute Gasteiger partial charge is 0.125 e. The van der Waals surface area contributed by atoms with Crippen molar-refractivity contribution in [3.8, 4) is 5.75 Å². The molecule has 2 N–H and O–H groups in total. The van der Waals surface area contributed by atoms with E-state index in [0.29, 0.717) is 5.02 Å². The average molecular weight is 240 g/mol. The van der Waals surface area contributed by atoms with Gasteiger partial charge in [0.1, 0.15) is 5.75 Å². The molecule has 1 fully saturated rings. The molecule has 3 heteroatoms. The van der Waals surface area contributed by atoms with Gasteiger partial charge < -0.3 is 10.5 Å². The van der Waals surface area contributed by atoms with Crippen LogP contribution in [0.15, 0.2) is 18.2 Å². The predicted octanol–water partition coefficient (Wildman–Crippen LogP) is 3.54. The largest absolute Gasteiger partial charge is 0.496 e. The van der Waals surface area contributed by atoms with Crippen molar-refractivity contribution in [3.05, 3.63) is 28.8 Å². The average Bonchev–Trinajstić information content (AvgIpc) is 2.23.